The molecule has 0 fully saturated rings. The lowest BCUT2D eigenvalue weighted by molar-refractivity contribution is 0.174. The molecular weight excluding hydrogens is 226 g/mol. The van der Waals surface area contributed by atoms with Crippen LogP contribution in [0, 0.1) is 6.92 Å². The molecule has 3 rings (SSSR count). The number of ether oxygens (including phenoxy) is 2. The third-order valence-electron chi connectivity index (χ3n) is 3.20. The number of aryl methyl sites for hydroxylation is 1. The molecule has 2 aromatic rings. The fourth-order valence-electron chi connectivity index (χ4n) is 2.17. The summed E-state index contributed by atoms with van der Waals surface area (Å²) in [5.74, 6) is 1.66. The van der Waals surface area contributed by atoms with Gasteiger partial charge >= 0.3 is 0 Å². The van der Waals surface area contributed by atoms with Crippen LogP contribution >= 0.6 is 0 Å². The maximum atomic E-state index is 5.43. The monoisotopic (exact) mass is 241 g/mol. The van der Waals surface area contributed by atoms with Gasteiger partial charge in [-0.25, -0.2) is 0 Å². The quantitative estimate of drug-likeness (QED) is 0.873. The van der Waals surface area contributed by atoms with Gasteiger partial charge < -0.3 is 14.8 Å². The average molecular weight is 241 g/mol. The normalized spacial score (nSPS) is 12.6. The number of hydrogen-bond donors (Lipinski definition) is 1. The molecule has 0 bridgehead atoms. The molecule has 2 aromatic carbocycles. The Balaban J connectivity index is 2.05. The molecule has 92 valence electrons. The summed E-state index contributed by atoms with van der Waals surface area (Å²) in [6.45, 7) is 2.40. The summed E-state index contributed by atoms with van der Waals surface area (Å²) in [7, 11) is 1.92. The zero-order chi connectivity index (χ0) is 12.5. The van der Waals surface area contributed by atoms with Gasteiger partial charge in [0, 0.05) is 12.7 Å². The van der Waals surface area contributed by atoms with Gasteiger partial charge in [-0.2, -0.15) is 0 Å². The number of anilines is 1. The second-order valence-electron chi connectivity index (χ2n) is 4.35. The van der Waals surface area contributed by atoms with Crippen molar-refractivity contribution in [2.45, 2.75) is 6.92 Å². The second-order valence-corrected chi connectivity index (χ2v) is 4.35. The van der Waals surface area contributed by atoms with Crippen LogP contribution in [0.15, 0.2) is 36.4 Å². The molecule has 1 heterocycles. The fourth-order valence-corrected chi connectivity index (χ4v) is 2.17. The van der Waals surface area contributed by atoms with Gasteiger partial charge in [-0.1, -0.05) is 12.1 Å². The lowest BCUT2D eigenvalue weighted by Crippen LogP contribution is -1.92. The maximum Gasteiger partial charge on any atom is 0.231 e. The highest BCUT2D eigenvalue weighted by atomic mass is 16.7. The summed E-state index contributed by atoms with van der Waals surface area (Å²) in [4.78, 5) is 0. The van der Waals surface area contributed by atoms with Crippen molar-refractivity contribution in [2.24, 2.45) is 0 Å². The Hall–Kier alpha value is -2.16. The summed E-state index contributed by atoms with van der Waals surface area (Å²) in [6.07, 6.45) is 0. The van der Waals surface area contributed by atoms with Gasteiger partial charge in [0.2, 0.25) is 6.79 Å². The molecule has 0 aromatic heterocycles. The zero-order valence-electron chi connectivity index (χ0n) is 10.5. The van der Waals surface area contributed by atoms with Crippen LogP contribution in [-0.4, -0.2) is 13.8 Å². The molecule has 0 radical (unpaired) electrons. The Kier molecular flexibility index (Phi) is 2.59. The Labute approximate surface area is 106 Å². The molecule has 0 spiro atoms. The van der Waals surface area contributed by atoms with Gasteiger partial charge in [0.05, 0.1) is 0 Å². The number of benzene rings is 2. The molecule has 1 N–H and O–H groups in total. The summed E-state index contributed by atoms with van der Waals surface area (Å²) in [5, 5.41) is 3.12. The largest absolute Gasteiger partial charge is 0.454 e. The summed E-state index contributed by atoms with van der Waals surface area (Å²) >= 11 is 0. The number of fused-ring (bicyclic) bond motifs is 1. The van der Waals surface area contributed by atoms with Crippen LogP contribution in [-0.2, 0) is 0 Å². The zero-order valence-corrected chi connectivity index (χ0v) is 10.5. The lowest BCUT2D eigenvalue weighted by atomic mass is 9.99. The smallest absolute Gasteiger partial charge is 0.231 e. The van der Waals surface area contributed by atoms with E-state index >= 15 is 0 Å². The SMILES string of the molecule is CNc1ccc(-c2cc3c(cc2C)OCO3)cc1. The van der Waals surface area contributed by atoms with Crippen LogP contribution in [0.25, 0.3) is 11.1 Å². The van der Waals surface area contributed by atoms with Gasteiger partial charge in [-0.05, 0) is 47.9 Å². The molecule has 0 unspecified atom stereocenters. The first-order valence-corrected chi connectivity index (χ1v) is 5.96. The van der Waals surface area contributed by atoms with E-state index in [9.17, 15) is 0 Å². The summed E-state index contributed by atoms with van der Waals surface area (Å²) in [6, 6.07) is 12.4. The molecule has 0 saturated heterocycles. The molecule has 1 aliphatic rings. The van der Waals surface area contributed by atoms with Crippen molar-refractivity contribution in [3.05, 3.63) is 42.0 Å². The predicted octanol–water partition coefficient (Wildman–Crippen LogP) is 3.43. The Morgan fingerprint density at radius 2 is 1.67 bits per heavy atom. The summed E-state index contributed by atoms with van der Waals surface area (Å²) < 4.78 is 10.8. The van der Waals surface area contributed by atoms with Gasteiger partial charge in [0.1, 0.15) is 0 Å². The van der Waals surface area contributed by atoms with E-state index in [1.54, 1.807) is 0 Å². The van der Waals surface area contributed by atoms with Crippen molar-refractivity contribution in [2.75, 3.05) is 19.2 Å². The first-order chi connectivity index (χ1) is 8.78. The highest BCUT2D eigenvalue weighted by Crippen LogP contribution is 2.38. The molecule has 0 saturated carbocycles. The topological polar surface area (TPSA) is 30.5 Å². The van der Waals surface area contributed by atoms with Crippen LogP contribution < -0.4 is 14.8 Å². The van der Waals surface area contributed by atoms with Crippen LogP contribution in [0.4, 0.5) is 5.69 Å². The van der Waals surface area contributed by atoms with Crippen LogP contribution in [0.1, 0.15) is 5.56 Å². The molecular formula is C15H15NO2. The van der Waals surface area contributed by atoms with E-state index in [1.165, 1.54) is 16.7 Å². The van der Waals surface area contributed by atoms with E-state index in [2.05, 4.69) is 36.5 Å². The minimum Gasteiger partial charge on any atom is -0.454 e. The van der Waals surface area contributed by atoms with E-state index in [1.807, 2.05) is 19.2 Å². The Bertz CT molecular complexity index is 576. The molecule has 3 heteroatoms. The van der Waals surface area contributed by atoms with Crippen molar-refractivity contribution < 1.29 is 9.47 Å². The van der Waals surface area contributed by atoms with Gasteiger partial charge in [0.25, 0.3) is 0 Å². The highest BCUT2D eigenvalue weighted by Gasteiger charge is 2.16. The highest BCUT2D eigenvalue weighted by molar-refractivity contribution is 5.72. The molecule has 1 aliphatic heterocycles. The van der Waals surface area contributed by atoms with E-state index < -0.39 is 0 Å². The molecule has 3 nitrogen and oxygen atoms in total. The average Bonchev–Trinajstić information content (AvgIpc) is 2.85. The number of hydrogen-bond acceptors (Lipinski definition) is 3. The van der Waals surface area contributed by atoms with Crippen LogP contribution in [0.3, 0.4) is 0 Å². The first-order valence-electron chi connectivity index (χ1n) is 5.96. The minimum atomic E-state index is 0.316. The lowest BCUT2D eigenvalue weighted by Gasteiger charge is -2.09. The molecule has 0 atom stereocenters. The maximum absolute atomic E-state index is 5.43. The van der Waals surface area contributed by atoms with Gasteiger partial charge in [0.15, 0.2) is 11.5 Å². The Morgan fingerprint density at radius 1 is 1.00 bits per heavy atom. The van der Waals surface area contributed by atoms with E-state index in [4.69, 9.17) is 9.47 Å². The predicted molar refractivity (Wildman–Crippen MR) is 72.3 cm³/mol. The third-order valence-corrected chi connectivity index (χ3v) is 3.20. The molecule has 18 heavy (non-hydrogen) atoms. The van der Waals surface area contributed by atoms with Crippen molar-refractivity contribution in [1.29, 1.82) is 0 Å². The first kappa shape index (κ1) is 11.0. The van der Waals surface area contributed by atoms with Crippen molar-refractivity contribution in [3.8, 4) is 22.6 Å². The van der Waals surface area contributed by atoms with E-state index in [0.717, 1.165) is 17.2 Å². The van der Waals surface area contributed by atoms with Crippen LogP contribution in [0.2, 0.25) is 0 Å². The van der Waals surface area contributed by atoms with Crippen molar-refractivity contribution >= 4 is 5.69 Å². The van der Waals surface area contributed by atoms with E-state index in [0.29, 0.717) is 6.79 Å². The van der Waals surface area contributed by atoms with Gasteiger partial charge in [-0.3, -0.25) is 0 Å². The number of rotatable bonds is 2. The van der Waals surface area contributed by atoms with Gasteiger partial charge in [-0.15, -0.1) is 0 Å². The van der Waals surface area contributed by atoms with Crippen LogP contribution in [0.5, 0.6) is 11.5 Å². The van der Waals surface area contributed by atoms with E-state index in [-0.39, 0.29) is 0 Å². The number of nitrogens with one attached hydrogen (secondary N) is 1. The summed E-state index contributed by atoms with van der Waals surface area (Å²) in [5.41, 5.74) is 4.67. The fraction of sp³-hybridized carbons (Fsp3) is 0.200. The minimum absolute atomic E-state index is 0.316. The van der Waals surface area contributed by atoms with Crippen molar-refractivity contribution in [1.82, 2.24) is 0 Å². The molecule has 0 amide bonds. The standard InChI is InChI=1S/C15H15NO2/c1-10-7-14-15(18-9-17-14)8-13(10)11-3-5-12(16-2)6-4-11/h3-8,16H,9H2,1-2H3. The Morgan fingerprint density at radius 3 is 2.33 bits per heavy atom. The molecule has 0 aliphatic carbocycles. The third kappa shape index (κ3) is 1.78. The van der Waals surface area contributed by atoms with Crippen molar-refractivity contribution in [3.63, 3.8) is 0 Å². The second kappa shape index (κ2) is 4.26.